The summed E-state index contributed by atoms with van der Waals surface area (Å²) < 4.78 is 0. The van der Waals surface area contributed by atoms with Gasteiger partial charge in [0, 0.05) is 0 Å². The number of hydrogen-bond acceptors (Lipinski definition) is 3. The summed E-state index contributed by atoms with van der Waals surface area (Å²) in [5.41, 5.74) is -1.87. The van der Waals surface area contributed by atoms with E-state index in [0.717, 1.165) is 6.42 Å². The third kappa shape index (κ3) is 4.56. The van der Waals surface area contributed by atoms with Gasteiger partial charge >= 0.3 is 0 Å². The summed E-state index contributed by atoms with van der Waals surface area (Å²) in [7, 11) is 0. The Labute approximate surface area is 110 Å². The molecule has 3 heteroatoms. The number of allylic oxidation sites excluding steroid dienone is 2. The van der Waals surface area contributed by atoms with E-state index in [-0.39, 0.29) is 5.92 Å². The van der Waals surface area contributed by atoms with Crippen molar-refractivity contribution in [3.63, 3.8) is 0 Å². The van der Waals surface area contributed by atoms with E-state index in [1.54, 1.807) is 32.9 Å². The van der Waals surface area contributed by atoms with Crippen LogP contribution >= 0.6 is 0 Å². The summed E-state index contributed by atoms with van der Waals surface area (Å²) in [6.07, 6.45) is 8.21. The van der Waals surface area contributed by atoms with E-state index in [9.17, 15) is 15.3 Å². The quantitative estimate of drug-likeness (QED) is 0.673. The minimum atomic E-state index is -1.10. The van der Waals surface area contributed by atoms with Crippen LogP contribution in [0.5, 0.6) is 0 Å². The van der Waals surface area contributed by atoms with Gasteiger partial charge in [-0.1, -0.05) is 31.2 Å². The van der Waals surface area contributed by atoms with Crippen LogP contribution in [-0.2, 0) is 0 Å². The second-order valence-electron chi connectivity index (χ2n) is 6.27. The normalized spacial score (nSPS) is 35.1. The van der Waals surface area contributed by atoms with E-state index < -0.39 is 17.3 Å². The van der Waals surface area contributed by atoms with Crippen molar-refractivity contribution < 1.29 is 15.3 Å². The topological polar surface area (TPSA) is 60.7 Å². The maximum Gasteiger partial charge on any atom is 0.106 e. The molecule has 0 bridgehead atoms. The average molecular weight is 254 g/mol. The number of hydrogen-bond donors (Lipinski definition) is 3. The van der Waals surface area contributed by atoms with Crippen LogP contribution in [-0.4, -0.2) is 32.6 Å². The Balaban J connectivity index is 2.54. The van der Waals surface area contributed by atoms with Gasteiger partial charge in [0.15, 0.2) is 0 Å². The zero-order chi connectivity index (χ0) is 14.0. The first-order valence-electron chi connectivity index (χ1n) is 6.62. The smallest absolute Gasteiger partial charge is 0.106 e. The van der Waals surface area contributed by atoms with Crippen molar-refractivity contribution >= 4 is 0 Å². The van der Waals surface area contributed by atoms with Gasteiger partial charge in [0.05, 0.1) is 11.7 Å². The highest BCUT2D eigenvalue weighted by Crippen LogP contribution is 2.32. The fourth-order valence-electron chi connectivity index (χ4n) is 2.17. The van der Waals surface area contributed by atoms with Gasteiger partial charge < -0.3 is 15.3 Å². The minimum Gasteiger partial charge on any atom is -0.390 e. The lowest BCUT2D eigenvalue weighted by Crippen LogP contribution is -2.42. The highest BCUT2D eigenvalue weighted by molar-refractivity contribution is 5.11. The predicted molar refractivity (Wildman–Crippen MR) is 73.1 cm³/mol. The molecule has 0 heterocycles. The Hall–Kier alpha value is -0.640. The molecule has 3 nitrogen and oxygen atoms in total. The standard InChI is InChI=1S/C15H26O3/c1-11(6-5-8-14(2,3)17)12-7-9-15(4,18)13(16)10-12/h5,7-9,11-13,16-18H,6,10H2,1-4H3/b8-5+/t11-,12+,13-,15-/m0/s1. The fourth-order valence-corrected chi connectivity index (χ4v) is 2.17. The Bertz CT molecular complexity index is 323. The minimum absolute atomic E-state index is 0.270. The Morgan fingerprint density at radius 1 is 1.50 bits per heavy atom. The maximum absolute atomic E-state index is 9.85. The number of aliphatic hydroxyl groups is 3. The summed E-state index contributed by atoms with van der Waals surface area (Å²) >= 11 is 0. The lowest BCUT2D eigenvalue weighted by Gasteiger charge is -2.35. The fraction of sp³-hybridized carbons (Fsp3) is 0.733. The summed E-state index contributed by atoms with van der Waals surface area (Å²) in [4.78, 5) is 0. The highest BCUT2D eigenvalue weighted by Gasteiger charge is 2.34. The molecule has 0 aliphatic heterocycles. The Morgan fingerprint density at radius 2 is 2.11 bits per heavy atom. The molecule has 0 saturated carbocycles. The maximum atomic E-state index is 9.85. The zero-order valence-corrected chi connectivity index (χ0v) is 11.8. The molecule has 1 rings (SSSR count). The van der Waals surface area contributed by atoms with Gasteiger partial charge in [0.1, 0.15) is 5.60 Å². The summed E-state index contributed by atoms with van der Waals surface area (Å²) in [5, 5.41) is 29.3. The first kappa shape index (κ1) is 15.4. The zero-order valence-electron chi connectivity index (χ0n) is 11.8. The van der Waals surface area contributed by atoms with Crippen molar-refractivity contribution in [1.29, 1.82) is 0 Å². The average Bonchev–Trinajstić information content (AvgIpc) is 2.20. The molecule has 0 spiro atoms. The molecular formula is C15H26O3. The monoisotopic (exact) mass is 254 g/mol. The largest absolute Gasteiger partial charge is 0.390 e. The molecule has 0 radical (unpaired) electrons. The molecule has 3 N–H and O–H groups in total. The van der Waals surface area contributed by atoms with E-state index in [2.05, 4.69) is 6.92 Å². The van der Waals surface area contributed by atoms with Crippen molar-refractivity contribution in [2.24, 2.45) is 11.8 Å². The molecule has 0 unspecified atom stereocenters. The first-order chi connectivity index (χ1) is 8.12. The van der Waals surface area contributed by atoms with Gasteiger partial charge in [-0.2, -0.15) is 0 Å². The third-order valence-electron chi connectivity index (χ3n) is 3.62. The summed E-state index contributed by atoms with van der Waals surface area (Å²) in [6.45, 7) is 7.24. The molecule has 0 aromatic carbocycles. The second-order valence-corrected chi connectivity index (χ2v) is 6.27. The van der Waals surface area contributed by atoms with Crippen molar-refractivity contribution in [3.05, 3.63) is 24.3 Å². The molecule has 0 amide bonds. The lowest BCUT2D eigenvalue weighted by atomic mass is 9.77. The van der Waals surface area contributed by atoms with E-state index >= 15 is 0 Å². The molecule has 0 fully saturated rings. The Morgan fingerprint density at radius 3 is 2.61 bits per heavy atom. The van der Waals surface area contributed by atoms with Gasteiger partial charge in [-0.25, -0.2) is 0 Å². The molecule has 1 aliphatic carbocycles. The molecular weight excluding hydrogens is 228 g/mol. The van der Waals surface area contributed by atoms with Gasteiger partial charge in [0.25, 0.3) is 0 Å². The SMILES string of the molecule is C[C@@H](C/C=C/C(C)(C)O)[C@@H]1C=C[C@](C)(O)[C@@H](O)C1. The first-order valence-corrected chi connectivity index (χ1v) is 6.62. The molecule has 104 valence electrons. The van der Waals surface area contributed by atoms with Crippen molar-refractivity contribution in [3.8, 4) is 0 Å². The van der Waals surface area contributed by atoms with Gasteiger partial charge in [-0.15, -0.1) is 0 Å². The second kappa shape index (κ2) is 5.55. The third-order valence-corrected chi connectivity index (χ3v) is 3.62. The van der Waals surface area contributed by atoms with Crippen LogP contribution in [0, 0.1) is 11.8 Å². The van der Waals surface area contributed by atoms with Crippen molar-refractivity contribution in [2.75, 3.05) is 0 Å². The van der Waals surface area contributed by atoms with Crippen LogP contribution < -0.4 is 0 Å². The molecule has 0 saturated heterocycles. The number of rotatable bonds is 4. The molecule has 0 aromatic heterocycles. The van der Waals surface area contributed by atoms with Crippen LogP contribution in [0.2, 0.25) is 0 Å². The van der Waals surface area contributed by atoms with Crippen LogP contribution in [0.15, 0.2) is 24.3 Å². The van der Waals surface area contributed by atoms with Crippen LogP contribution in [0.4, 0.5) is 0 Å². The van der Waals surface area contributed by atoms with Crippen LogP contribution in [0.1, 0.15) is 40.5 Å². The Kier molecular flexibility index (Phi) is 4.76. The van der Waals surface area contributed by atoms with E-state index in [1.807, 2.05) is 12.2 Å². The predicted octanol–water partition coefficient (Wildman–Crippen LogP) is 2.03. The van der Waals surface area contributed by atoms with E-state index in [4.69, 9.17) is 0 Å². The highest BCUT2D eigenvalue weighted by atomic mass is 16.3. The molecule has 18 heavy (non-hydrogen) atoms. The van der Waals surface area contributed by atoms with Gasteiger partial charge in [-0.05, 0) is 45.4 Å². The van der Waals surface area contributed by atoms with Gasteiger partial charge in [-0.3, -0.25) is 0 Å². The van der Waals surface area contributed by atoms with E-state index in [0.29, 0.717) is 12.3 Å². The summed E-state index contributed by atoms with van der Waals surface area (Å²) in [5.74, 6) is 0.650. The molecule has 4 atom stereocenters. The van der Waals surface area contributed by atoms with Crippen molar-refractivity contribution in [1.82, 2.24) is 0 Å². The van der Waals surface area contributed by atoms with E-state index in [1.165, 1.54) is 0 Å². The summed E-state index contributed by atoms with van der Waals surface area (Å²) in [6, 6.07) is 0. The molecule has 0 aromatic rings. The number of aliphatic hydroxyl groups excluding tert-OH is 1. The van der Waals surface area contributed by atoms with Crippen LogP contribution in [0.25, 0.3) is 0 Å². The molecule has 1 aliphatic rings. The van der Waals surface area contributed by atoms with Gasteiger partial charge in [0.2, 0.25) is 0 Å². The van der Waals surface area contributed by atoms with Crippen LogP contribution in [0.3, 0.4) is 0 Å². The van der Waals surface area contributed by atoms with Crippen molar-refractivity contribution in [2.45, 2.75) is 57.8 Å². The lowest BCUT2D eigenvalue weighted by molar-refractivity contribution is -0.0452.